The molecule has 1 aromatic rings. The van der Waals surface area contributed by atoms with E-state index in [1.807, 2.05) is 0 Å². The van der Waals surface area contributed by atoms with Crippen LogP contribution >= 0.6 is 23.2 Å². The van der Waals surface area contributed by atoms with Crippen LogP contribution in [0.5, 0.6) is 0 Å². The quantitative estimate of drug-likeness (QED) is 0.837. The van der Waals surface area contributed by atoms with Crippen molar-refractivity contribution >= 4 is 35.2 Å². The maximum absolute atomic E-state index is 11.7. The van der Waals surface area contributed by atoms with E-state index in [-0.39, 0.29) is 12.5 Å². The van der Waals surface area contributed by atoms with Crippen molar-refractivity contribution in [3.63, 3.8) is 0 Å². The molecular weight excluding hydrogens is 297 g/mol. The Morgan fingerprint density at radius 2 is 1.90 bits per heavy atom. The fourth-order valence-electron chi connectivity index (χ4n) is 2.35. The summed E-state index contributed by atoms with van der Waals surface area (Å²) in [5.41, 5.74) is -0.128. The maximum atomic E-state index is 11.7. The van der Waals surface area contributed by atoms with Crippen molar-refractivity contribution in [2.75, 3.05) is 6.54 Å². The summed E-state index contributed by atoms with van der Waals surface area (Å²) in [4.78, 5) is 11.7. The number of nitrogens with one attached hydrogen (secondary N) is 1. The van der Waals surface area contributed by atoms with Gasteiger partial charge in [0.15, 0.2) is 0 Å². The molecule has 0 atom stereocenters. The number of carbonyl (C=O) groups is 1. The Morgan fingerprint density at radius 3 is 2.50 bits per heavy atom. The minimum Gasteiger partial charge on any atom is -0.388 e. The first-order valence-electron chi connectivity index (χ1n) is 6.62. The topological polar surface area (TPSA) is 49.3 Å². The van der Waals surface area contributed by atoms with Gasteiger partial charge in [0, 0.05) is 28.2 Å². The molecule has 0 aliphatic heterocycles. The van der Waals surface area contributed by atoms with Crippen molar-refractivity contribution in [2.24, 2.45) is 0 Å². The van der Waals surface area contributed by atoms with E-state index in [2.05, 4.69) is 5.32 Å². The molecule has 1 fully saturated rings. The van der Waals surface area contributed by atoms with Gasteiger partial charge in [-0.2, -0.15) is 0 Å². The highest BCUT2D eigenvalue weighted by atomic mass is 35.5. The van der Waals surface area contributed by atoms with Crippen LogP contribution in [0, 0.1) is 0 Å². The van der Waals surface area contributed by atoms with Gasteiger partial charge in [-0.3, -0.25) is 4.79 Å². The summed E-state index contributed by atoms with van der Waals surface area (Å²) in [6.45, 7) is 0.284. The first-order valence-corrected chi connectivity index (χ1v) is 7.38. The second-order valence-corrected chi connectivity index (χ2v) is 5.93. The molecule has 1 aromatic carbocycles. The zero-order valence-corrected chi connectivity index (χ0v) is 12.5. The van der Waals surface area contributed by atoms with Crippen molar-refractivity contribution in [1.29, 1.82) is 0 Å². The number of halogens is 2. The lowest BCUT2D eigenvalue weighted by atomic mass is 10.0. The summed E-state index contributed by atoms with van der Waals surface area (Å²) in [6, 6.07) is 5.18. The highest BCUT2D eigenvalue weighted by Gasteiger charge is 2.30. The molecular formula is C15H17Cl2NO2. The molecule has 0 spiro atoms. The van der Waals surface area contributed by atoms with Gasteiger partial charge in [0.05, 0.1) is 5.60 Å². The number of carbonyl (C=O) groups excluding carboxylic acids is 1. The molecule has 3 nitrogen and oxygen atoms in total. The van der Waals surface area contributed by atoms with Crippen LogP contribution in [0.25, 0.3) is 6.08 Å². The number of hydrogen-bond donors (Lipinski definition) is 2. The van der Waals surface area contributed by atoms with Crippen LogP contribution in [-0.4, -0.2) is 23.2 Å². The van der Waals surface area contributed by atoms with E-state index < -0.39 is 5.60 Å². The van der Waals surface area contributed by atoms with Gasteiger partial charge in [-0.05, 0) is 31.1 Å². The van der Waals surface area contributed by atoms with E-state index in [9.17, 15) is 9.90 Å². The van der Waals surface area contributed by atoms with E-state index in [4.69, 9.17) is 23.2 Å². The van der Waals surface area contributed by atoms with E-state index in [1.54, 1.807) is 24.3 Å². The van der Waals surface area contributed by atoms with Gasteiger partial charge >= 0.3 is 0 Å². The molecule has 0 bridgehead atoms. The fourth-order valence-corrected chi connectivity index (χ4v) is 2.87. The minimum atomic E-state index is -0.745. The second kappa shape index (κ2) is 6.61. The van der Waals surface area contributed by atoms with Crippen LogP contribution in [0.1, 0.15) is 31.2 Å². The molecule has 108 valence electrons. The molecule has 0 radical (unpaired) electrons. The summed E-state index contributed by atoms with van der Waals surface area (Å²) < 4.78 is 0. The number of amides is 1. The Morgan fingerprint density at radius 1 is 1.30 bits per heavy atom. The summed E-state index contributed by atoms with van der Waals surface area (Å²) in [6.07, 6.45) is 6.47. The monoisotopic (exact) mass is 313 g/mol. The number of benzene rings is 1. The first-order chi connectivity index (χ1) is 9.50. The highest BCUT2D eigenvalue weighted by Crippen LogP contribution is 2.28. The molecule has 1 amide bonds. The van der Waals surface area contributed by atoms with Gasteiger partial charge in [0.25, 0.3) is 0 Å². The molecule has 1 saturated carbocycles. The molecule has 0 unspecified atom stereocenters. The largest absolute Gasteiger partial charge is 0.388 e. The summed E-state index contributed by atoms with van der Waals surface area (Å²) in [5.74, 6) is -0.263. The zero-order chi connectivity index (χ0) is 14.6. The van der Waals surface area contributed by atoms with E-state index in [0.717, 1.165) is 25.7 Å². The lowest BCUT2D eigenvalue weighted by molar-refractivity contribution is -0.117. The minimum absolute atomic E-state index is 0.263. The molecule has 2 rings (SSSR count). The van der Waals surface area contributed by atoms with Gasteiger partial charge in [-0.1, -0.05) is 42.1 Å². The molecule has 0 aromatic heterocycles. The Kier molecular flexibility index (Phi) is 5.08. The third kappa shape index (κ3) is 3.98. The summed E-state index contributed by atoms with van der Waals surface area (Å²) in [7, 11) is 0. The van der Waals surface area contributed by atoms with Crippen molar-refractivity contribution in [3.05, 3.63) is 39.9 Å². The lowest BCUT2D eigenvalue weighted by Crippen LogP contribution is -2.40. The molecule has 1 aliphatic carbocycles. The van der Waals surface area contributed by atoms with Crippen LogP contribution in [0.3, 0.4) is 0 Å². The van der Waals surface area contributed by atoms with E-state index in [1.165, 1.54) is 6.08 Å². The van der Waals surface area contributed by atoms with Gasteiger partial charge in [-0.25, -0.2) is 0 Å². The fraction of sp³-hybridized carbons (Fsp3) is 0.400. The number of hydrogen-bond acceptors (Lipinski definition) is 2. The first kappa shape index (κ1) is 15.4. The predicted octanol–water partition coefficient (Wildman–Crippen LogP) is 3.43. The molecule has 5 heteroatoms. The van der Waals surface area contributed by atoms with E-state index >= 15 is 0 Å². The van der Waals surface area contributed by atoms with Gasteiger partial charge < -0.3 is 10.4 Å². The second-order valence-electron chi connectivity index (χ2n) is 5.12. The van der Waals surface area contributed by atoms with Crippen LogP contribution in [0.2, 0.25) is 10.0 Å². The van der Waals surface area contributed by atoms with Crippen LogP contribution in [0.15, 0.2) is 24.3 Å². The maximum Gasteiger partial charge on any atom is 0.244 e. The Bertz CT molecular complexity index is 502. The third-order valence-corrected chi connectivity index (χ3v) is 4.19. The summed E-state index contributed by atoms with van der Waals surface area (Å²) in [5, 5.41) is 13.8. The Labute approximate surface area is 128 Å². The Balaban J connectivity index is 1.92. The van der Waals surface area contributed by atoms with Crippen LogP contribution in [-0.2, 0) is 4.79 Å². The van der Waals surface area contributed by atoms with Crippen molar-refractivity contribution in [2.45, 2.75) is 31.3 Å². The molecule has 0 heterocycles. The van der Waals surface area contributed by atoms with Crippen molar-refractivity contribution < 1.29 is 9.90 Å². The van der Waals surface area contributed by atoms with E-state index in [0.29, 0.717) is 15.6 Å². The number of aliphatic hydroxyl groups is 1. The molecule has 0 saturated heterocycles. The van der Waals surface area contributed by atoms with Gasteiger partial charge in [-0.15, -0.1) is 0 Å². The van der Waals surface area contributed by atoms with Crippen molar-refractivity contribution in [3.8, 4) is 0 Å². The van der Waals surface area contributed by atoms with Gasteiger partial charge in [0.2, 0.25) is 5.91 Å². The van der Waals surface area contributed by atoms with Gasteiger partial charge in [0.1, 0.15) is 0 Å². The van der Waals surface area contributed by atoms with Crippen LogP contribution < -0.4 is 5.32 Å². The Hall–Kier alpha value is -1.03. The summed E-state index contributed by atoms with van der Waals surface area (Å²) >= 11 is 12.0. The SMILES string of the molecule is O=C(C=Cc1c(Cl)cccc1Cl)NCC1(O)CCCC1. The molecule has 20 heavy (non-hydrogen) atoms. The lowest BCUT2D eigenvalue weighted by Gasteiger charge is -2.21. The standard InChI is InChI=1S/C15H17Cl2NO2/c16-12-4-3-5-13(17)11(12)6-7-14(19)18-10-15(20)8-1-2-9-15/h3-7,20H,1-2,8-10H2,(H,18,19). The number of rotatable bonds is 4. The molecule has 2 N–H and O–H groups in total. The van der Waals surface area contributed by atoms with Crippen LogP contribution in [0.4, 0.5) is 0 Å². The third-order valence-electron chi connectivity index (χ3n) is 3.53. The average Bonchev–Trinajstić information content (AvgIpc) is 2.83. The molecule has 1 aliphatic rings. The average molecular weight is 314 g/mol. The highest BCUT2D eigenvalue weighted by molar-refractivity contribution is 6.37. The normalized spacial score (nSPS) is 17.6. The predicted molar refractivity (Wildman–Crippen MR) is 81.9 cm³/mol. The zero-order valence-electron chi connectivity index (χ0n) is 11.0. The smallest absolute Gasteiger partial charge is 0.244 e. The van der Waals surface area contributed by atoms with Crippen molar-refractivity contribution in [1.82, 2.24) is 5.32 Å².